The van der Waals surface area contributed by atoms with Crippen LogP contribution in [0.2, 0.25) is 0 Å². The normalized spacial score (nSPS) is 31.5. The average molecular weight is 375 g/mol. The molecule has 0 spiro atoms. The molecular formula is C20H26N2O3S. The molecule has 3 amide bonds. The van der Waals surface area contributed by atoms with E-state index < -0.39 is 0 Å². The highest BCUT2D eigenvalue weighted by Gasteiger charge is 2.51. The van der Waals surface area contributed by atoms with Gasteiger partial charge in [-0.1, -0.05) is 6.07 Å². The summed E-state index contributed by atoms with van der Waals surface area (Å²) in [6, 6.07) is 7.23. The minimum atomic E-state index is -0.330. The standard InChI is InChI=1S/C20H26N2O3S/c1-25-16-3-2-4-17(8-16)26-12-18(23)21-19(24)22-20-9-13-5-14(10-20)7-15(6-13)11-20/h2-4,8,13-15H,5-7,9-12H2,1H3,(H2,21,22,23,24). The van der Waals surface area contributed by atoms with Gasteiger partial charge in [-0.2, -0.15) is 0 Å². The van der Waals surface area contributed by atoms with E-state index in [0.717, 1.165) is 47.7 Å². The number of methoxy groups -OCH3 is 1. The third-order valence-corrected chi connectivity index (χ3v) is 7.07. The zero-order chi connectivity index (χ0) is 18.1. The first kappa shape index (κ1) is 17.7. The topological polar surface area (TPSA) is 67.4 Å². The van der Waals surface area contributed by atoms with Crippen LogP contribution in [0.15, 0.2) is 29.2 Å². The van der Waals surface area contributed by atoms with Gasteiger partial charge in [-0.25, -0.2) is 4.79 Å². The fourth-order valence-corrected chi connectivity index (χ4v) is 6.28. The van der Waals surface area contributed by atoms with Crippen LogP contribution in [-0.4, -0.2) is 30.3 Å². The van der Waals surface area contributed by atoms with Crippen molar-refractivity contribution in [1.29, 1.82) is 0 Å². The molecule has 1 aromatic rings. The summed E-state index contributed by atoms with van der Waals surface area (Å²) in [6.07, 6.45) is 7.24. The molecule has 0 unspecified atom stereocenters. The van der Waals surface area contributed by atoms with Crippen molar-refractivity contribution in [2.45, 2.75) is 49.0 Å². The first-order valence-corrected chi connectivity index (χ1v) is 10.4. The number of rotatable bonds is 5. The van der Waals surface area contributed by atoms with E-state index in [0.29, 0.717) is 0 Å². The summed E-state index contributed by atoms with van der Waals surface area (Å²) in [5.41, 5.74) is -0.0704. The van der Waals surface area contributed by atoms with Crippen LogP contribution < -0.4 is 15.4 Å². The molecule has 26 heavy (non-hydrogen) atoms. The van der Waals surface area contributed by atoms with Crippen molar-refractivity contribution in [3.63, 3.8) is 0 Å². The highest BCUT2D eigenvalue weighted by Crippen LogP contribution is 2.55. The Labute approximate surface area is 158 Å². The second-order valence-electron chi connectivity index (χ2n) is 8.17. The average Bonchev–Trinajstić information content (AvgIpc) is 2.58. The molecule has 4 bridgehead atoms. The molecule has 2 N–H and O–H groups in total. The van der Waals surface area contributed by atoms with Gasteiger partial charge in [0, 0.05) is 10.4 Å². The quantitative estimate of drug-likeness (QED) is 0.773. The summed E-state index contributed by atoms with van der Waals surface area (Å²) < 4.78 is 5.18. The minimum Gasteiger partial charge on any atom is -0.497 e. The number of urea groups is 1. The van der Waals surface area contributed by atoms with Crippen LogP contribution in [0.5, 0.6) is 5.75 Å². The largest absolute Gasteiger partial charge is 0.497 e. The second-order valence-corrected chi connectivity index (χ2v) is 9.22. The molecule has 0 radical (unpaired) electrons. The van der Waals surface area contributed by atoms with Crippen molar-refractivity contribution in [1.82, 2.24) is 10.6 Å². The van der Waals surface area contributed by atoms with Crippen molar-refractivity contribution in [3.8, 4) is 5.75 Å². The number of amides is 3. The molecular weight excluding hydrogens is 348 g/mol. The van der Waals surface area contributed by atoms with E-state index in [4.69, 9.17) is 4.74 Å². The minimum absolute atomic E-state index is 0.0704. The van der Waals surface area contributed by atoms with Gasteiger partial charge in [-0.3, -0.25) is 10.1 Å². The molecule has 1 aromatic carbocycles. The number of carbonyl (C=O) groups is 2. The maximum atomic E-state index is 12.4. The van der Waals surface area contributed by atoms with Gasteiger partial charge in [0.1, 0.15) is 5.75 Å². The lowest BCUT2D eigenvalue weighted by molar-refractivity contribution is -0.117. The monoisotopic (exact) mass is 374 g/mol. The van der Waals surface area contributed by atoms with Gasteiger partial charge in [-0.05, 0) is 74.5 Å². The van der Waals surface area contributed by atoms with E-state index in [1.165, 1.54) is 31.0 Å². The van der Waals surface area contributed by atoms with Gasteiger partial charge in [0.05, 0.1) is 12.9 Å². The molecule has 140 valence electrons. The van der Waals surface area contributed by atoms with Crippen molar-refractivity contribution < 1.29 is 14.3 Å². The summed E-state index contributed by atoms with van der Waals surface area (Å²) in [4.78, 5) is 25.5. The number of hydrogen-bond donors (Lipinski definition) is 2. The van der Waals surface area contributed by atoms with Crippen LogP contribution in [-0.2, 0) is 4.79 Å². The number of nitrogens with one attached hydrogen (secondary N) is 2. The third-order valence-electron chi connectivity index (χ3n) is 6.08. The molecule has 0 atom stereocenters. The van der Waals surface area contributed by atoms with Crippen LogP contribution in [0.25, 0.3) is 0 Å². The Balaban J connectivity index is 1.27. The van der Waals surface area contributed by atoms with Crippen molar-refractivity contribution in [2.24, 2.45) is 17.8 Å². The van der Waals surface area contributed by atoms with Crippen LogP contribution in [0, 0.1) is 17.8 Å². The Hall–Kier alpha value is -1.69. The van der Waals surface area contributed by atoms with E-state index in [1.54, 1.807) is 7.11 Å². The molecule has 0 aromatic heterocycles. The summed E-state index contributed by atoms with van der Waals surface area (Å²) in [5.74, 6) is 3.00. The Kier molecular flexibility index (Phi) is 4.86. The Morgan fingerprint density at radius 3 is 2.42 bits per heavy atom. The summed E-state index contributed by atoms with van der Waals surface area (Å²) in [7, 11) is 1.62. The van der Waals surface area contributed by atoms with Crippen LogP contribution >= 0.6 is 11.8 Å². The fraction of sp³-hybridized carbons (Fsp3) is 0.600. The van der Waals surface area contributed by atoms with Gasteiger partial charge < -0.3 is 10.1 Å². The molecule has 6 heteroatoms. The van der Waals surface area contributed by atoms with Crippen molar-refractivity contribution in [2.75, 3.05) is 12.9 Å². The number of ether oxygens (including phenoxy) is 1. The maximum absolute atomic E-state index is 12.4. The molecule has 5 rings (SSSR count). The van der Waals surface area contributed by atoms with Gasteiger partial charge in [0.15, 0.2) is 0 Å². The van der Waals surface area contributed by atoms with E-state index in [2.05, 4.69) is 10.6 Å². The number of carbonyl (C=O) groups excluding carboxylic acids is 2. The van der Waals surface area contributed by atoms with E-state index in [1.807, 2.05) is 24.3 Å². The molecule has 0 saturated heterocycles. The Morgan fingerprint density at radius 1 is 1.15 bits per heavy atom. The SMILES string of the molecule is COc1cccc(SCC(=O)NC(=O)NC23CC4CC(CC(C4)C2)C3)c1. The van der Waals surface area contributed by atoms with Crippen LogP contribution in [0.4, 0.5) is 4.79 Å². The predicted molar refractivity (Wildman–Crippen MR) is 101 cm³/mol. The van der Waals surface area contributed by atoms with Gasteiger partial charge in [0.25, 0.3) is 0 Å². The molecule has 4 aliphatic carbocycles. The zero-order valence-electron chi connectivity index (χ0n) is 15.1. The Morgan fingerprint density at radius 2 is 1.81 bits per heavy atom. The number of thioether (sulfide) groups is 1. The molecule has 0 heterocycles. The van der Waals surface area contributed by atoms with Crippen molar-refractivity contribution in [3.05, 3.63) is 24.3 Å². The summed E-state index contributed by atoms with van der Waals surface area (Å²) in [6.45, 7) is 0. The van der Waals surface area contributed by atoms with E-state index in [9.17, 15) is 9.59 Å². The fourth-order valence-electron chi connectivity index (χ4n) is 5.54. The number of hydrogen-bond acceptors (Lipinski definition) is 4. The van der Waals surface area contributed by atoms with Crippen molar-refractivity contribution >= 4 is 23.7 Å². The molecule has 4 saturated carbocycles. The summed E-state index contributed by atoms with van der Waals surface area (Å²) in [5, 5.41) is 5.68. The highest BCUT2D eigenvalue weighted by atomic mass is 32.2. The number of benzene rings is 1. The summed E-state index contributed by atoms with van der Waals surface area (Å²) >= 11 is 1.40. The highest BCUT2D eigenvalue weighted by molar-refractivity contribution is 8.00. The van der Waals surface area contributed by atoms with Gasteiger partial charge in [-0.15, -0.1) is 11.8 Å². The maximum Gasteiger partial charge on any atom is 0.321 e. The number of imide groups is 1. The van der Waals surface area contributed by atoms with E-state index in [-0.39, 0.29) is 23.2 Å². The second kappa shape index (κ2) is 7.14. The van der Waals surface area contributed by atoms with Crippen LogP contribution in [0.1, 0.15) is 38.5 Å². The molecule has 5 nitrogen and oxygen atoms in total. The first-order valence-electron chi connectivity index (χ1n) is 9.42. The third kappa shape index (κ3) is 3.85. The lowest BCUT2D eigenvalue weighted by atomic mass is 9.53. The van der Waals surface area contributed by atoms with Gasteiger partial charge >= 0.3 is 6.03 Å². The lowest BCUT2D eigenvalue weighted by Crippen LogP contribution is -2.61. The van der Waals surface area contributed by atoms with Crippen LogP contribution in [0.3, 0.4) is 0 Å². The molecule has 0 aliphatic heterocycles. The van der Waals surface area contributed by atoms with Gasteiger partial charge in [0.2, 0.25) is 5.91 Å². The smallest absolute Gasteiger partial charge is 0.321 e. The lowest BCUT2D eigenvalue weighted by Gasteiger charge is -2.56. The first-order chi connectivity index (χ1) is 12.5. The molecule has 4 aliphatic rings. The predicted octanol–water partition coefficient (Wildman–Crippen LogP) is 3.58. The zero-order valence-corrected chi connectivity index (χ0v) is 15.9. The molecule has 4 fully saturated rings. The Bertz CT molecular complexity index is 671. The van der Waals surface area contributed by atoms with E-state index >= 15 is 0 Å².